The van der Waals surface area contributed by atoms with Gasteiger partial charge < -0.3 is 10.4 Å². The first-order valence-electron chi connectivity index (χ1n) is 5.10. The molecule has 0 radical (unpaired) electrons. The van der Waals surface area contributed by atoms with Crippen molar-refractivity contribution in [2.45, 2.75) is 32.4 Å². The van der Waals surface area contributed by atoms with Crippen LogP contribution in [0, 0.1) is 0 Å². The van der Waals surface area contributed by atoms with Gasteiger partial charge in [0.1, 0.15) is 6.54 Å². The molecule has 0 fully saturated rings. The fraction of sp³-hybridized carbons (Fsp3) is 0.600. The number of carbonyl (C=O) groups is 1. The largest absolute Gasteiger partial charge is 0.393 e. The quantitative estimate of drug-likeness (QED) is 0.659. The molecular formula is C10H17N3O2. The van der Waals surface area contributed by atoms with Gasteiger partial charge in [0.2, 0.25) is 5.91 Å². The van der Waals surface area contributed by atoms with Gasteiger partial charge in [-0.05, 0) is 25.8 Å². The molecule has 1 unspecified atom stereocenters. The summed E-state index contributed by atoms with van der Waals surface area (Å²) in [5.41, 5.74) is 0. The van der Waals surface area contributed by atoms with E-state index in [1.807, 2.05) is 0 Å². The molecule has 0 saturated heterocycles. The first kappa shape index (κ1) is 11.7. The number of nitrogens with zero attached hydrogens (tertiary/aromatic N) is 2. The van der Waals surface area contributed by atoms with E-state index in [0.29, 0.717) is 13.0 Å². The third-order valence-electron chi connectivity index (χ3n) is 1.99. The smallest absolute Gasteiger partial charge is 0.241 e. The Morgan fingerprint density at radius 1 is 1.67 bits per heavy atom. The minimum absolute atomic E-state index is 0.0516. The SMILES string of the molecule is CC(O)CCCNC(=O)Cn1cccn1. The molecule has 1 amide bonds. The van der Waals surface area contributed by atoms with E-state index < -0.39 is 0 Å². The van der Waals surface area contributed by atoms with Crippen molar-refractivity contribution in [3.8, 4) is 0 Å². The maximum atomic E-state index is 11.3. The van der Waals surface area contributed by atoms with Gasteiger partial charge in [0, 0.05) is 18.9 Å². The average molecular weight is 211 g/mol. The standard InChI is InChI=1S/C10H17N3O2/c1-9(14)4-2-5-11-10(15)8-13-7-3-6-12-13/h3,6-7,9,14H,2,4-5,8H2,1H3,(H,11,15). The maximum absolute atomic E-state index is 11.3. The zero-order valence-electron chi connectivity index (χ0n) is 8.89. The topological polar surface area (TPSA) is 67.2 Å². The van der Waals surface area contributed by atoms with E-state index >= 15 is 0 Å². The van der Waals surface area contributed by atoms with Gasteiger partial charge in [-0.1, -0.05) is 0 Å². The molecule has 0 spiro atoms. The molecule has 1 aromatic rings. The number of aromatic nitrogens is 2. The molecule has 0 bridgehead atoms. The predicted octanol–water partition coefficient (Wildman–Crippen LogP) is 0.160. The third-order valence-corrected chi connectivity index (χ3v) is 1.99. The zero-order valence-corrected chi connectivity index (χ0v) is 8.89. The second kappa shape index (κ2) is 6.19. The van der Waals surface area contributed by atoms with Crippen molar-refractivity contribution < 1.29 is 9.90 Å². The molecule has 15 heavy (non-hydrogen) atoms. The van der Waals surface area contributed by atoms with E-state index in [1.165, 1.54) is 0 Å². The number of amides is 1. The van der Waals surface area contributed by atoms with Gasteiger partial charge in [0.15, 0.2) is 0 Å². The Labute approximate surface area is 89.1 Å². The van der Waals surface area contributed by atoms with E-state index in [0.717, 1.165) is 6.42 Å². The molecule has 0 aliphatic carbocycles. The van der Waals surface area contributed by atoms with E-state index in [9.17, 15) is 4.79 Å². The van der Waals surface area contributed by atoms with Crippen molar-refractivity contribution in [3.63, 3.8) is 0 Å². The second-order valence-corrected chi connectivity index (χ2v) is 3.54. The molecule has 2 N–H and O–H groups in total. The predicted molar refractivity (Wildman–Crippen MR) is 56.2 cm³/mol. The van der Waals surface area contributed by atoms with Crippen LogP contribution in [0.15, 0.2) is 18.5 Å². The van der Waals surface area contributed by atoms with Gasteiger partial charge in [-0.3, -0.25) is 9.48 Å². The summed E-state index contributed by atoms with van der Waals surface area (Å²) >= 11 is 0. The van der Waals surface area contributed by atoms with E-state index in [1.54, 1.807) is 30.1 Å². The number of hydrogen-bond acceptors (Lipinski definition) is 3. The summed E-state index contributed by atoms with van der Waals surface area (Å²) < 4.78 is 1.57. The van der Waals surface area contributed by atoms with Gasteiger partial charge in [0.25, 0.3) is 0 Å². The van der Waals surface area contributed by atoms with Crippen molar-refractivity contribution in [3.05, 3.63) is 18.5 Å². The minimum Gasteiger partial charge on any atom is -0.393 e. The third kappa shape index (κ3) is 5.17. The number of rotatable bonds is 6. The van der Waals surface area contributed by atoms with Crippen LogP contribution < -0.4 is 5.32 Å². The summed E-state index contributed by atoms with van der Waals surface area (Å²) in [7, 11) is 0. The van der Waals surface area contributed by atoms with Gasteiger partial charge >= 0.3 is 0 Å². The van der Waals surface area contributed by atoms with Crippen molar-refractivity contribution in [1.29, 1.82) is 0 Å². The highest BCUT2D eigenvalue weighted by atomic mass is 16.3. The lowest BCUT2D eigenvalue weighted by atomic mass is 10.2. The van der Waals surface area contributed by atoms with E-state index in [4.69, 9.17) is 5.11 Å². The van der Waals surface area contributed by atoms with Gasteiger partial charge in [-0.15, -0.1) is 0 Å². The number of hydrogen-bond donors (Lipinski definition) is 2. The Bertz CT molecular complexity index is 283. The number of carbonyl (C=O) groups excluding carboxylic acids is 1. The molecule has 84 valence electrons. The Morgan fingerprint density at radius 3 is 3.07 bits per heavy atom. The highest BCUT2D eigenvalue weighted by Gasteiger charge is 2.02. The number of nitrogens with one attached hydrogen (secondary N) is 1. The molecule has 0 saturated carbocycles. The van der Waals surface area contributed by atoms with Crippen LogP contribution in [-0.4, -0.2) is 33.4 Å². The number of aliphatic hydroxyl groups is 1. The van der Waals surface area contributed by atoms with Crippen LogP contribution in [0.4, 0.5) is 0 Å². The summed E-state index contributed by atoms with van der Waals surface area (Å²) in [4.78, 5) is 11.3. The summed E-state index contributed by atoms with van der Waals surface area (Å²) in [6.45, 7) is 2.60. The first-order chi connectivity index (χ1) is 7.18. The Kier molecular flexibility index (Phi) is 4.83. The monoisotopic (exact) mass is 211 g/mol. The van der Waals surface area contributed by atoms with Gasteiger partial charge in [-0.2, -0.15) is 5.10 Å². The highest BCUT2D eigenvalue weighted by Crippen LogP contribution is 1.93. The fourth-order valence-corrected chi connectivity index (χ4v) is 1.22. The summed E-state index contributed by atoms with van der Waals surface area (Å²) in [6.07, 6.45) is 4.59. The molecule has 1 rings (SSSR count). The zero-order chi connectivity index (χ0) is 11.1. The lowest BCUT2D eigenvalue weighted by molar-refractivity contribution is -0.121. The molecular weight excluding hydrogens is 194 g/mol. The normalized spacial score (nSPS) is 12.4. The van der Waals surface area contributed by atoms with Gasteiger partial charge in [0.05, 0.1) is 6.10 Å². The Balaban J connectivity index is 2.09. The lowest BCUT2D eigenvalue weighted by Crippen LogP contribution is -2.28. The van der Waals surface area contributed by atoms with Crippen LogP contribution in [-0.2, 0) is 11.3 Å². The molecule has 5 nitrogen and oxygen atoms in total. The van der Waals surface area contributed by atoms with E-state index in [2.05, 4.69) is 10.4 Å². The minimum atomic E-state index is -0.298. The van der Waals surface area contributed by atoms with Crippen LogP contribution in [0.25, 0.3) is 0 Å². The maximum Gasteiger partial charge on any atom is 0.241 e. The highest BCUT2D eigenvalue weighted by molar-refractivity contribution is 5.75. The molecule has 0 aliphatic rings. The molecule has 1 atom stereocenters. The summed E-state index contributed by atoms with van der Waals surface area (Å²) in [5.74, 6) is -0.0516. The first-order valence-corrected chi connectivity index (χ1v) is 5.10. The van der Waals surface area contributed by atoms with Crippen LogP contribution >= 0.6 is 0 Å². The molecule has 0 aromatic carbocycles. The molecule has 1 heterocycles. The summed E-state index contributed by atoms with van der Waals surface area (Å²) in [5, 5.41) is 15.7. The van der Waals surface area contributed by atoms with Crippen LogP contribution in [0.2, 0.25) is 0 Å². The van der Waals surface area contributed by atoms with Crippen molar-refractivity contribution in [2.24, 2.45) is 0 Å². The fourth-order valence-electron chi connectivity index (χ4n) is 1.22. The molecule has 1 aromatic heterocycles. The number of aliphatic hydroxyl groups excluding tert-OH is 1. The molecule has 0 aliphatic heterocycles. The van der Waals surface area contributed by atoms with Crippen molar-refractivity contribution >= 4 is 5.91 Å². The second-order valence-electron chi connectivity index (χ2n) is 3.54. The summed E-state index contributed by atoms with van der Waals surface area (Å²) in [6, 6.07) is 1.78. The van der Waals surface area contributed by atoms with Crippen molar-refractivity contribution in [2.75, 3.05) is 6.54 Å². The van der Waals surface area contributed by atoms with Crippen molar-refractivity contribution in [1.82, 2.24) is 15.1 Å². The molecule has 5 heteroatoms. The lowest BCUT2D eigenvalue weighted by Gasteiger charge is -2.06. The Hall–Kier alpha value is -1.36. The average Bonchev–Trinajstić information content (AvgIpc) is 2.64. The van der Waals surface area contributed by atoms with Crippen LogP contribution in [0.5, 0.6) is 0 Å². The van der Waals surface area contributed by atoms with Crippen LogP contribution in [0.1, 0.15) is 19.8 Å². The van der Waals surface area contributed by atoms with Gasteiger partial charge in [-0.25, -0.2) is 0 Å². The van der Waals surface area contributed by atoms with E-state index in [-0.39, 0.29) is 18.6 Å². The Morgan fingerprint density at radius 2 is 2.47 bits per heavy atom. The van der Waals surface area contributed by atoms with Crippen LogP contribution in [0.3, 0.4) is 0 Å².